The number of carbonyl (C=O) groups is 1. The number of nitrogens with one attached hydrogen (secondary N) is 1. The third-order valence-electron chi connectivity index (χ3n) is 4.08. The van der Waals surface area contributed by atoms with Crippen LogP contribution in [0.15, 0.2) is 40.9 Å². The first-order chi connectivity index (χ1) is 11.7. The van der Waals surface area contributed by atoms with Gasteiger partial charge in [-0.25, -0.2) is 8.42 Å². The average molecular weight is 444 g/mol. The highest BCUT2D eigenvalue weighted by molar-refractivity contribution is 9.10. The lowest BCUT2D eigenvalue weighted by atomic mass is 10.0. The molecule has 0 bridgehead atoms. The van der Waals surface area contributed by atoms with Gasteiger partial charge in [0.2, 0.25) is 10.0 Å². The zero-order valence-electron chi connectivity index (χ0n) is 13.4. The van der Waals surface area contributed by atoms with E-state index in [9.17, 15) is 13.2 Å². The van der Waals surface area contributed by atoms with E-state index in [2.05, 4.69) is 21.2 Å². The Morgan fingerprint density at radius 3 is 2.68 bits per heavy atom. The molecule has 5 nitrogen and oxygen atoms in total. The second kappa shape index (κ2) is 7.07. The van der Waals surface area contributed by atoms with Crippen LogP contribution in [0.1, 0.15) is 21.5 Å². The van der Waals surface area contributed by atoms with E-state index in [4.69, 9.17) is 11.6 Å². The number of nitrogens with zero attached hydrogens (tertiary/aromatic N) is 1. The van der Waals surface area contributed by atoms with E-state index >= 15 is 0 Å². The van der Waals surface area contributed by atoms with E-state index in [1.54, 1.807) is 18.2 Å². The maximum Gasteiger partial charge on any atom is 0.257 e. The monoisotopic (exact) mass is 442 g/mol. The van der Waals surface area contributed by atoms with Crippen LogP contribution in [0.3, 0.4) is 0 Å². The maximum atomic E-state index is 12.5. The highest BCUT2D eigenvalue weighted by Gasteiger charge is 2.23. The van der Waals surface area contributed by atoms with E-state index in [1.165, 1.54) is 10.6 Å². The summed E-state index contributed by atoms with van der Waals surface area (Å²) in [7, 11) is -3.23. The minimum atomic E-state index is -3.23. The van der Waals surface area contributed by atoms with Crippen molar-refractivity contribution in [3.8, 4) is 0 Å². The summed E-state index contributed by atoms with van der Waals surface area (Å²) < 4.78 is 25.7. The predicted octanol–water partition coefficient (Wildman–Crippen LogP) is 3.67. The number of anilines is 1. The molecule has 0 aromatic heterocycles. The van der Waals surface area contributed by atoms with Crippen molar-refractivity contribution in [2.75, 3.05) is 18.1 Å². The fourth-order valence-corrected chi connectivity index (χ4v) is 4.12. The van der Waals surface area contributed by atoms with Gasteiger partial charge in [0.15, 0.2) is 0 Å². The summed E-state index contributed by atoms with van der Waals surface area (Å²) in [5.41, 5.74) is 2.97. The Morgan fingerprint density at radius 2 is 1.96 bits per heavy atom. The Morgan fingerprint density at radius 1 is 1.20 bits per heavy atom. The van der Waals surface area contributed by atoms with Crippen molar-refractivity contribution in [3.05, 3.63) is 62.6 Å². The zero-order valence-corrected chi connectivity index (χ0v) is 16.6. The topological polar surface area (TPSA) is 66.5 Å². The van der Waals surface area contributed by atoms with Gasteiger partial charge in [0.05, 0.1) is 16.8 Å². The molecular weight excluding hydrogens is 428 g/mol. The smallest absolute Gasteiger partial charge is 0.257 e. The van der Waals surface area contributed by atoms with Crippen LogP contribution in [0.2, 0.25) is 5.02 Å². The van der Waals surface area contributed by atoms with Gasteiger partial charge >= 0.3 is 0 Å². The van der Waals surface area contributed by atoms with Gasteiger partial charge in [0, 0.05) is 23.2 Å². The van der Waals surface area contributed by atoms with E-state index in [1.807, 2.05) is 18.2 Å². The van der Waals surface area contributed by atoms with Gasteiger partial charge < -0.3 is 5.32 Å². The number of amides is 1. The summed E-state index contributed by atoms with van der Waals surface area (Å²) in [5.74, 6) is -0.318. The average Bonchev–Trinajstić information content (AvgIpc) is 2.55. The standard InChI is InChI=1S/C17H16BrClN2O3S/c1-25(23,24)21-7-6-11-2-4-14(8-12(11)10-21)20-17(22)15-9-13(18)3-5-16(15)19/h2-5,8-9H,6-7,10H2,1H3,(H,20,22). The number of benzene rings is 2. The van der Waals surface area contributed by atoms with Crippen LogP contribution < -0.4 is 5.32 Å². The quantitative estimate of drug-likeness (QED) is 0.787. The predicted molar refractivity (Wildman–Crippen MR) is 103 cm³/mol. The lowest BCUT2D eigenvalue weighted by molar-refractivity contribution is 0.102. The van der Waals surface area contributed by atoms with Crippen molar-refractivity contribution in [2.45, 2.75) is 13.0 Å². The molecule has 25 heavy (non-hydrogen) atoms. The Hall–Kier alpha value is -1.41. The highest BCUT2D eigenvalue weighted by Crippen LogP contribution is 2.26. The molecule has 3 rings (SSSR count). The Labute approximate surface area is 160 Å². The maximum absolute atomic E-state index is 12.5. The number of hydrogen-bond acceptors (Lipinski definition) is 3. The molecule has 0 saturated carbocycles. The Kier molecular flexibility index (Phi) is 5.20. The lowest BCUT2D eigenvalue weighted by Gasteiger charge is -2.27. The molecule has 2 aromatic rings. The first-order valence-electron chi connectivity index (χ1n) is 7.57. The van der Waals surface area contributed by atoms with Crippen LogP contribution in [0, 0.1) is 0 Å². The second-order valence-corrected chi connectivity index (χ2v) is 9.21. The fourth-order valence-electron chi connectivity index (χ4n) is 2.76. The van der Waals surface area contributed by atoms with E-state index in [0.717, 1.165) is 15.6 Å². The molecule has 0 fully saturated rings. The molecule has 1 amide bonds. The van der Waals surface area contributed by atoms with Crippen LogP contribution in [0.4, 0.5) is 5.69 Å². The first kappa shape index (κ1) is 18.4. The van der Waals surface area contributed by atoms with Crippen LogP contribution in [-0.2, 0) is 23.0 Å². The van der Waals surface area contributed by atoms with Gasteiger partial charge in [-0.15, -0.1) is 0 Å². The van der Waals surface area contributed by atoms with Crippen molar-refractivity contribution in [1.29, 1.82) is 0 Å². The highest BCUT2D eigenvalue weighted by atomic mass is 79.9. The molecule has 1 aliphatic rings. The van der Waals surface area contributed by atoms with Gasteiger partial charge in [-0.1, -0.05) is 33.6 Å². The van der Waals surface area contributed by atoms with Crippen molar-refractivity contribution in [1.82, 2.24) is 4.31 Å². The van der Waals surface area contributed by atoms with Crippen LogP contribution in [-0.4, -0.2) is 31.4 Å². The molecule has 0 unspecified atom stereocenters. The number of carbonyl (C=O) groups excluding carboxylic acids is 1. The van der Waals surface area contributed by atoms with E-state index in [0.29, 0.717) is 35.8 Å². The fraction of sp³-hybridized carbons (Fsp3) is 0.235. The summed E-state index contributed by atoms with van der Waals surface area (Å²) in [6.45, 7) is 0.792. The van der Waals surface area contributed by atoms with Crippen LogP contribution in [0.25, 0.3) is 0 Å². The molecular formula is C17H16BrClN2O3S. The van der Waals surface area contributed by atoms with E-state index in [-0.39, 0.29) is 5.91 Å². The lowest BCUT2D eigenvalue weighted by Crippen LogP contribution is -2.35. The summed E-state index contributed by atoms with van der Waals surface area (Å²) in [6, 6.07) is 10.6. The summed E-state index contributed by atoms with van der Waals surface area (Å²) in [5, 5.41) is 3.18. The normalized spacial score (nSPS) is 14.8. The van der Waals surface area contributed by atoms with Gasteiger partial charge in [-0.3, -0.25) is 4.79 Å². The summed E-state index contributed by atoms with van der Waals surface area (Å²) in [6.07, 6.45) is 1.87. The van der Waals surface area contributed by atoms with Gasteiger partial charge in [-0.2, -0.15) is 4.31 Å². The molecule has 8 heteroatoms. The molecule has 132 valence electrons. The number of halogens is 2. The molecule has 1 aliphatic heterocycles. The molecule has 0 radical (unpaired) electrons. The number of rotatable bonds is 3. The van der Waals surface area contributed by atoms with Crippen LogP contribution >= 0.6 is 27.5 Å². The van der Waals surface area contributed by atoms with Crippen molar-refractivity contribution >= 4 is 49.1 Å². The molecule has 1 N–H and O–H groups in total. The van der Waals surface area contributed by atoms with Crippen LogP contribution in [0.5, 0.6) is 0 Å². The molecule has 1 heterocycles. The van der Waals surface area contributed by atoms with Crippen molar-refractivity contribution in [3.63, 3.8) is 0 Å². The van der Waals surface area contributed by atoms with Crippen molar-refractivity contribution in [2.24, 2.45) is 0 Å². The molecule has 0 aliphatic carbocycles. The minimum Gasteiger partial charge on any atom is -0.322 e. The van der Waals surface area contributed by atoms with Gasteiger partial charge in [0.1, 0.15) is 0 Å². The minimum absolute atomic E-state index is 0.315. The zero-order chi connectivity index (χ0) is 18.2. The van der Waals surface area contributed by atoms with E-state index < -0.39 is 10.0 Å². The number of hydrogen-bond donors (Lipinski definition) is 1. The second-order valence-electron chi connectivity index (χ2n) is 5.91. The van der Waals surface area contributed by atoms with Crippen molar-refractivity contribution < 1.29 is 13.2 Å². The Bertz CT molecular complexity index is 947. The molecule has 2 aromatic carbocycles. The SMILES string of the molecule is CS(=O)(=O)N1CCc2ccc(NC(=O)c3cc(Br)ccc3Cl)cc2C1. The summed E-state index contributed by atoms with van der Waals surface area (Å²) >= 11 is 9.41. The summed E-state index contributed by atoms with van der Waals surface area (Å²) in [4.78, 5) is 12.5. The third-order valence-corrected chi connectivity index (χ3v) is 6.16. The molecule has 0 atom stereocenters. The molecule has 0 spiro atoms. The molecule has 0 saturated heterocycles. The third kappa shape index (κ3) is 4.23. The van der Waals surface area contributed by atoms with Gasteiger partial charge in [-0.05, 0) is 47.9 Å². The number of sulfonamides is 1. The first-order valence-corrected chi connectivity index (χ1v) is 10.6. The number of fused-ring (bicyclic) bond motifs is 1. The largest absolute Gasteiger partial charge is 0.322 e. The Balaban J connectivity index is 1.83. The van der Waals surface area contributed by atoms with Gasteiger partial charge in [0.25, 0.3) is 5.91 Å².